The molecule has 23 heavy (non-hydrogen) atoms. The van der Waals surface area contributed by atoms with Crippen LogP contribution in [-0.2, 0) is 22.6 Å². The minimum absolute atomic E-state index is 0. The molecule has 0 aliphatic heterocycles. The number of halogens is 1. The first-order valence-corrected chi connectivity index (χ1v) is 6.94. The van der Waals surface area contributed by atoms with Gasteiger partial charge >= 0.3 is 0 Å². The number of hydrogen-bond acceptors (Lipinski definition) is 4. The molecule has 0 unspecified atom stereocenters. The van der Waals surface area contributed by atoms with Crippen LogP contribution in [-0.4, -0.2) is 28.6 Å². The van der Waals surface area contributed by atoms with E-state index < -0.39 is 0 Å². The largest absolute Gasteiger partial charge is 0.399 e. The summed E-state index contributed by atoms with van der Waals surface area (Å²) in [5.41, 5.74) is 8.04. The molecule has 0 bridgehead atoms. The van der Waals surface area contributed by atoms with Gasteiger partial charge in [-0.25, -0.2) is 0 Å². The molecular formula is C15H20ClN5O2. The number of amides is 2. The third-order valence-corrected chi connectivity index (χ3v) is 3.18. The molecule has 8 heteroatoms. The van der Waals surface area contributed by atoms with Gasteiger partial charge in [-0.3, -0.25) is 14.3 Å². The zero-order chi connectivity index (χ0) is 15.9. The molecule has 0 aliphatic carbocycles. The number of aryl methyl sites for hydroxylation is 1. The number of para-hydroxylation sites is 1. The van der Waals surface area contributed by atoms with Crippen LogP contribution in [0.2, 0.25) is 0 Å². The second-order valence-corrected chi connectivity index (χ2v) is 4.85. The monoisotopic (exact) mass is 337 g/mol. The van der Waals surface area contributed by atoms with Gasteiger partial charge in [0.1, 0.15) is 6.54 Å². The van der Waals surface area contributed by atoms with Gasteiger partial charge in [-0.05, 0) is 18.1 Å². The van der Waals surface area contributed by atoms with Gasteiger partial charge in [0, 0.05) is 25.4 Å². The lowest BCUT2D eigenvalue weighted by Crippen LogP contribution is -2.23. The van der Waals surface area contributed by atoms with Crippen molar-refractivity contribution in [1.82, 2.24) is 15.1 Å². The van der Waals surface area contributed by atoms with E-state index in [1.807, 2.05) is 24.3 Å². The molecule has 0 fully saturated rings. The first-order chi connectivity index (χ1) is 10.6. The number of nitrogens with two attached hydrogens (primary N) is 1. The average molecular weight is 338 g/mol. The van der Waals surface area contributed by atoms with E-state index in [0.29, 0.717) is 24.2 Å². The normalized spacial score (nSPS) is 9.78. The van der Waals surface area contributed by atoms with Gasteiger partial charge in [0.15, 0.2) is 0 Å². The van der Waals surface area contributed by atoms with Gasteiger partial charge in [-0.15, -0.1) is 12.4 Å². The number of carbonyl (C=O) groups is 2. The minimum Gasteiger partial charge on any atom is -0.399 e. The summed E-state index contributed by atoms with van der Waals surface area (Å²) in [5, 5.41) is 9.27. The fourth-order valence-corrected chi connectivity index (χ4v) is 1.97. The molecule has 0 radical (unpaired) electrons. The molecule has 0 atom stereocenters. The van der Waals surface area contributed by atoms with Crippen molar-refractivity contribution in [3.05, 3.63) is 42.2 Å². The van der Waals surface area contributed by atoms with Crippen molar-refractivity contribution in [1.29, 1.82) is 0 Å². The number of anilines is 2. The predicted octanol–water partition coefficient (Wildman–Crippen LogP) is 1.20. The number of nitrogens with one attached hydrogen (secondary N) is 2. The van der Waals surface area contributed by atoms with Crippen LogP contribution in [0.25, 0.3) is 0 Å². The molecule has 124 valence electrons. The number of benzene rings is 1. The van der Waals surface area contributed by atoms with Gasteiger partial charge in [-0.1, -0.05) is 18.2 Å². The number of aromatic nitrogens is 2. The number of nitrogens with zero attached hydrogens (tertiary/aromatic N) is 2. The topological polar surface area (TPSA) is 102 Å². The van der Waals surface area contributed by atoms with Crippen molar-refractivity contribution < 1.29 is 9.59 Å². The molecule has 2 amide bonds. The smallest absolute Gasteiger partial charge is 0.241 e. The maximum atomic E-state index is 11.9. The van der Waals surface area contributed by atoms with Crippen LogP contribution in [0.3, 0.4) is 0 Å². The van der Waals surface area contributed by atoms with Crippen molar-refractivity contribution in [2.45, 2.75) is 19.4 Å². The van der Waals surface area contributed by atoms with E-state index >= 15 is 0 Å². The van der Waals surface area contributed by atoms with E-state index in [1.165, 1.54) is 10.9 Å². The standard InChI is InChI=1S/C15H19N5O2.ClH/c1-17-15(22)10-20-9-12(8-18-20)19-14(21)7-6-11-4-2-3-5-13(11)16;/h2-5,8-9H,6-7,10,16H2,1H3,(H,17,22)(H,19,21);1H. The highest BCUT2D eigenvalue weighted by atomic mass is 35.5. The maximum Gasteiger partial charge on any atom is 0.241 e. The number of hydrogen-bond donors (Lipinski definition) is 3. The Labute approximate surface area is 140 Å². The molecule has 4 N–H and O–H groups in total. The van der Waals surface area contributed by atoms with E-state index in [-0.39, 0.29) is 30.8 Å². The summed E-state index contributed by atoms with van der Waals surface area (Å²) in [6, 6.07) is 7.48. The van der Waals surface area contributed by atoms with Gasteiger partial charge in [0.25, 0.3) is 0 Å². The quantitative estimate of drug-likeness (QED) is 0.689. The van der Waals surface area contributed by atoms with E-state index in [0.717, 1.165) is 5.56 Å². The number of likely N-dealkylation sites (N-methyl/N-ethyl adjacent to an activating group) is 1. The Morgan fingerprint density at radius 1 is 1.26 bits per heavy atom. The summed E-state index contributed by atoms with van der Waals surface area (Å²) in [6.07, 6.45) is 4.03. The Morgan fingerprint density at radius 2 is 2.00 bits per heavy atom. The van der Waals surface area contributed by atoms with Gasteiger partial charge in [-0.2, -0.15) is 5.10 Å². The van der Waals surface area contributed by atoms with Crippen LogP contribution >= 0.6 is 12.4 Å². The molecular weight excluding hydrogens is 318 g/mol. The van der Waals surface area contributed by atoms with E-state index in [9.17, 15) is 9.59 Å². The fourth-order valence-electron chi connectivity index (χ4n) is 1.97. The first kappa shape index (κ1) is 18.5. The molecule has 0 saturated heterocycles. The van der Waals surface area contributed by atoms with Gasteiger partial charge in [0.2, 0.25) is 11.8 Å². The Balaban J connectivity index is 0.00000264. The lowest BCUT2D eigenvalue weighted by atomic mass is 10.1. The lowest BCUT2D eigenvalue weighted by molar-refractivity contribution is -0.121. The number of rotatable bonds is 6. The van der Waals surface area contributed by atoms with E-state index in [1.54, 1.807) is 13.2 Å². The van der Waals surface area contributed by atoms with Crippen LogP contribution in [0.5, 0.6) is 0 Å². The fraction of sp³-hybridized carbons (Fsp3) is 0.267. The molecule has 1 aromatic carbocycles. The molecule has 0 spiro atoms. The summed E-state index contributed by atoms with van der Waals surface area (Å²) in [5.74, 6) is -0.275. The molecule has 1 aromatic heterocycles. The second kappa shape index (κ2) is 8.79. The predicted molar refractivity (Wildman–Crippen MR) is 91.3 cm³/mol. The molecule has 7 nitrogen and oxygen atoms in total. The van der Waals surface area contributed by atoms with Crippen molar-refractivity contribution in [3.8, 4) is 0 Å². The van der Waals surface area contributed by atoms with Crippen LogP contribution in [0, 0.1) is 0 Å². The summed E-state index contributed by atoms with van der Waals surface area (Å²) in [4.78, 5) is 23.1. The average Bonchev–Trinajstić information content (AvgIpc) is 2.93. The second-order valence-electron chi connectivity index (χ2n) is 4.85. The highest BCUT2D eigenvalue weighted by Crippen LogP contribution is 2.13. The zero-order valence-corrected chi connectivity index (χ0v) is 13.6. The summed E-state index contributed by atoms with van der Waals surface area (Å²) in [6.45, 7) is 0.118. The Hall–Kier alpha value is -2.54. The SMILES string of the molecule is CNC(=O)Cn1cc(NC(=O)CCc2ccccc2N)cn1.Cl. The van der Waals surface area contributed by atoms with Gasteiger partial charge < -0.3 is 16.4 Å². The van der Waals surface area contributed by atoms with Crippen molar-refractivity contribution in [2.24, 2.45) is 0 Å². The van der Waals surface area contributed by atoms with Gasteiger partial charge in [0.05, 0.1) is 11.9 Å². The first-order valence-electron chi connectivity index (χ1n) is 6.94. The zero-order valence-electron chi connectivity index (χ0n) is 12.8. The van der Waals surface area contributed by atoms with Crippen LogP contribution in [0.1, 0.15) is 12.0 Å². The van der Waals surface area contributed by atoms with Crippen LogP contribution in [0.15, 0.2) is 36.7 Å². The maximum absolute atomic E-state index is 11.9. The molecule has 2 rings (SSSR count). The third kappa shape index (κ3) is 5.63. The highest BCUT2D eigenvalue weighted by Gasteiger charge is 2.07. The van der Waals surface area contributed by atoms with Crippen molar-refractivity contribution in [2.75, 3.05) is 18.1 Å². The van der Waals surface area contributed by atoms with E-state index in [2.05, 4.69) is 15.7 Å². The Bertz CT molecular complexity index is 671. The number of carbonyl (C=O) groups excluding carboxylic acids is 2. The Kier molecular flexibility index (Phi) is 7.08. The molecule has 0 saturated carbocycles. The molecule has 0 aliphatic rings. The summed E-state index contributed by atoms with van der Waals surface area (Å²) >= 11 is 0. The van der Waals surface area contributed by atoms with Crippen molar-refractivity contribution in [3.63, 3.8) is 0 Å². The minimum atomic E-state index is -0.152. The van der Waals surface area contributed by atoms with E-state index in [4.69, 9.17) is 5.73 Å². The lowest BCUT2D eigenvalue weighted by Gasteiger charge is -2.05. The molecule has 1 heterocycles. The van der Waals surface area contributed by atoms with Crippen LogP contribution < -0.4 is 16.4 Å². The summed E-state index contributed by atoms with van der Waals surface area (Å²) in [7, 11) is 1.56. The molecule has 2 aromatic rings. The van der Waals surface area contributed by atoms with Crippen molar-refractivity contribution >= 4 is 35.6 Å². The third-order valence-electron chi connectivity index (χ3n) is 3.18. The van der Waals surface area contributed by atoms with Crippen LogP contribution in [0.4, 0.5) is 11.4 Å². The number of nitrogen functional groups attached to an aromatic ring is 1. The highest BCUT2D eigenvalue weighted by molar-refractivity contribution is 5.90. The summed E-state index contributed by atoms with van der Waals surface area (Å²) < 4.78 is 1.46. The Morgan fingerprint density at radius 3 is 2.70 bits per heavy atom.